The van der Waals surface area contributed by atoms with Crippen LogP contribution >= 0.6 is 11.6 Å². The van der Waals surface area contributed by atoms with Gasteiger partial charge < -0.3 is 14.8 Å². The molecule has 2 N–H and O–H groups in total. The molecule has 1 amide bonds. The van der Waals surface area contributed by atoms with Gasteiger partial charge in [0.25, 0.3) is 5.91 Å². The monoisotopic (exact) mass is 352 g/mol. The molecule has 1 aromatic carbocycles. The van der Waals surface area contributed by atoms with Gasteiger partial charge in [-0.25, -0.2) is 0 Å². The van der Waals surface area contributed by atoms with Crippen molar-refractivity contribution in [2.75, 3.05) is 0 Å². The van der Waals surface area contributed by atoms with Crippen LogP contribution in [0.25, 0.3) is 22.2 Å². The van der Waals surface area contributed by atoms with Crippen molar-refractivity contribution < 1.29 is 9.32 Å². The van der Waals surface area contributed by atoms with Gasteiger partial charge in [-0.05, 0) is 18.2 Å². The standard InChI is InChI=1S/C18H13ClN4O2/c19-12-3-1-11(2-4-12)16-7-13(25-23-16)8-22-18(24)15-9-20-10-17-14(15)5-6-21-17/h1-7,9-10,21H,8H2,(H,22,24). The van der Waals surface area contributed by atoms with E-state index in [1.54, 1.807) is 36.8 Å². The Labute approximate surface area is 147 Å². The molecule has 0 saturated carbocycles. The van der Waals surface area contributed by atoms with Gasteiger partial charge in [-0.3, -0.25) is 9.78 Å². The Bertz CT molecular complexity index is 1040. The minimum Gasteiger partial charge on any atom is -0.360 e. The van der Waals surface area contributed by atoms with E-state index in [1.807, 2.05) is 18.2 Å². The van der Waals surface area contributed by atoms with Gasteiger partial charge in [0.15, 0.2) is 5.76 Å². The van der Waals surface area contributed by atoms with E-state index in [0.717, 1.165) is 16.5 Å². The van der Waals surface area contributed by atoms with E-state index in [-0.39, 0.29) is 12.5 Å². The molecule has 3 heterocycles. The van der Waals surface area contributed by atoms with Gasteiger partial charge in [-0.15, -0.1) is 0 Å². The highest BCUT2D eigenvalue weighted by molar-refractivity contribution is 6.30. The molecule has 0 aliphatic carbocycles. The second kappa shape index (κ2) is 6.41. The number of rotatable bonds is 4. The molecule has 25 heavy (non-hydrogen) atoms. The quantitative estimate of drug-likeness (QED) is 0.585. The molecule has 3 aromatic heterocycles. The molecule has 0 fully saturated rings. The van der Waals surface area contributed by atoms with E-state index in [4.69, 9.17) is 16.1 Å². The van der Waals surface area contributed by atoms with Crippen molar-refractivity contribution in [2.24, 2.45) is 0 Å². The molecule has 6 nitrogen and oxygen atoms in total. The summed E-state index contributed by atoms with van der Waals surface area (Å²) < 4.78 is 5.29. The van der Waals surface area contributed by atoms with Gasteiger partial charge in [-0.1, -0.05) is 28.9 Å². The third-order valence-corrected chi connectivity index (χ3v) is 4.10. The predicted octanol–water partition coefficient (Wildman–Crippen LogP) is 3.80. The fourth-order valence-corrected chi connectivity index (χ4v) is 2.70. The first-order valence-corrected chi connectivity index (χ1v) is 7.99. The maximum Gasteiger partial charge on any atom is 0.253 e. The van der Waals surface area contributed by atoms with Crippen LogP contribution in [-0.2, 0) is 6.54 Å². The van der Waals surface area contributed by atoms with E-state index in [1.165, 1.54) is 0 Å². The lowest BCUT2D eigenvalue weighted by Gasteiger charge is -2.03. The second-order valence-corrected chi connectivity index (χ2v) is 5.93. The highest BCUT2D eigenvalue weighted by atomic mass is 35.5. The topological polar surface area (TPSA) is 83.8 Å². The minimum atomic E-state index is -0.220. The van der Waals surface area contributed by atoms with Crippen molar-refractivity contribution in [3.8, 4) is 11.3 Å². The minimum absolute atomic E-state index is 0.220. The summed E-state index contributed by atoms with van der Waals surface area (Å²) in [5.41, 5.74) is 2.91. The first kappa shape index (κ1) is 15.4. The zero-order chi connectivity index (χ0) is 17.2. The summed E-state index contributed by atoms with van der Waals surface area (Å²) in [5, 5.41) is 8.33. The molecular weight excluding hydrogens is 340 g/mol. The number of fused-ring (bicyclic) bond motifs is 1. The summed E-state index contributed by atoms with van der Waals surface area (Å²) in [4.78, 5) is 19.5. The molecule has 0 unspecified atom stereocenters. The molecule has 4 aromatic rings. The van der Waals surface area contributed by atoms with Crippen LogP contribution in [0.15, 0.2) is 59.5 Å². The van der Waals surface area contributed by atoms with Crippen LogP contribution in [-0.4, -0.2) is 21.0 Å². The number of amides is 1. The number of aromatic nitrogens is 3. The lowest BCUT2D eigenvalue weighted by molar-refractivity contribution is 0.0948. The van der Waals surface area contributed by atoms with E-state index in [0.29, 0.717) is 22.0 Å². The van der Waals surface area contributed by atoms with Gasteiger partial charge in [0.2, 0.25) is 0 Å². The van der Waals surface area contributed by atoms with Crippen molar-refractivity contribution in [2.45, 2.75) is 6.54 Å². The Kier molecular flexibility index (Phi) is 3.95. The van der Waals surface area contributed by atoms with Gasteiger partial charge in [0, 0.05) is 34.4 Å². The summed E-state index contributed by atoms with van der Waals surface area (Å²) >= 11 is 5.88. The number of pyridine rings is 1. The Hall–Kier alpha value is -3.12. The summed E-state index contributed by atoms with van der Waals surface area (Å²) in [6.45, 7) is 0.236. The average Bonchev–Trinajstić information content (AvgIpc) is 3.29. The highest BCUT2D eigenvalue weighted by Crippen LogP contribution is 2.21. The number of carbonyl (C=O) groups is 1. The lowest BCUT2D eigenvalue weighted by Crippen LogP contribution is -2.22. The highest BCUT2D eigenvalue weighted by Gasteiger charge is 2.13. The summed E-state index contributed by atoms with van der Waals surface area (Å²) in [6, 6.07) is 10.9. The van der Waals surface area contributed by atoms with E-state index >= 15 is 0 Å². The molecule has 4 rings (SSSR count). The number of nitrogens with one attached hydrogen (secondary N) is 2. The Morgan fingerprint density at radius 2 is 2.04 bits per heavy atom. The zero-order valence-corrected chi connectivity index (χ0v) is 13.7. The van der Waals surface area contributed by atoms with Crippen LogP contribution in [0, 0.1) is 0 Å². The van der Waals surface area contributed by atoms with Gasteiger partial charge in [0.1, 0.15) is 5.69 Å². The smallest absolute Gasteiger partial charge is 0.253 e. The number of carbonyl (C=O) groups excluding carboxylic acids is 1. The van der Waals surface area contributed by atoms with Crippen LogP contribution in [0.4, 0.5) is 0 Å². The molecule has 0 radical (unpaired) electrons. The SMILES string of the molecule is O=C(NCc1cc(-c2ccc(Cl)cc2)no1)c1cncc2[nH]ccc12. The first-order valence-electron chi connectivity index (χ1n) is 7.61. The molecule has 0 spiro atoms. The Morgan fingerprint density at radius 1 is 1.20 bits per heavy atom. The molecule has 0 aliphatic heterocycles. The molecule has 0 aliphatic rings. The number of aromatic amines is 1. The number of nitrogens with zero attached hydrogens (tertiary/aromatic N) is 2. The second-order valence-electron chi connectivity index (χ2n) is 5.49. The molecule has 0 bridgehead atoms. The summed E-state index contributed by atoms with van der Waals surface area (Å²) in [5.74, 6) is 0.342. The molecule has 0 saturated heterocycles. The predicted molar refractivity (Wildman–Crippen MR) is 94.2 cm³/mol. The number of halogens is 1. The maximum atomic E-state index is 12.4. The molecule has 124 valence electrons. The molecular formula is C18H13ClN4O2. The third-order valence-electron chi connectivity index (χ3n) is 3.84. The molecule has 7 heteroatoms. The van der Waals surface area contributed by atoms with Crippen molar-refractivity contribution in [1.29, 1.82) is 0 Å². The van der Waals surface area contributed by atoms with E-state index in [2.05, 4.69) is 20.4 Å². The lowest BCUT2D eigenvalue weighted by atomic mass is 10.1. The largest absolute Gasteiger partial charge is 0.360 e. The number of hydrogen-bond donors (Lipinski definition) is 2. The first-order chi connectivity index (χ1) is 12.2. The fourth-order valence-electron chi connectivity index (χ4n) is 2.58. The van der Waals surface area contributed by atoms with Gasteiger partial charge in [0.05, 0.1) is 23.8 Å². The maximum absolute atomic E-state index is 12.4. The molecule has 0 atom stereocenters. The van der Waals surface area contributed by atoms with Gasteiger partial charge >= 0.3 is 0 Å². The summed E-state index contributed by atoms with van der Waals surface area (Å²) in [6.07, 6.45) is 5.00. The van der Waals surface area contributed by atoms with E-state index < -0.39 is 0 Å². The number of hydrogen-bond acceptors (Lipinski definition) is 4. The van der Waals surface area contributed by atoms with Gasteiger partial charge in [-0.2, -0.15) is 0 Å². The van der Waals surface area contributed by atoms with Crippen molar-refractivity contribution in [3.63, 3.8) is 0 Å². The average molecular weight is 353 g/mol. The third kappa shape index (κ3) is 3.12. The van der Waals surface area contributed by atoms with Crippen molar-refractivity contribution in [1.82, 2.24) is 20.4 Å². The zero-order valence-electron chi connectivity index (χ0n) is 13.0. The van der Waals surface area contributed by atoms with E-state index in [9.17, 15) is 4.79 Å². The Balaban J connectivity index is 1.47. The number of H-pyrrole nitrogens is 1. The van der Waals surface area contributed by atoms with Crippen LogP contribution in [0.3, 0.4) is 0 Å². The Morgan fingerprint density at radius 3 is 2.88 bits per heavy atom. The normalized spacial score (nSPS) is 10.9. The number of benzene rings is 1. The van der Waals surface area contributed by atoms with Crippen LogP contribution in [0.1, 0.15) is 16.1 Å². The van der Waals surface area contributed by atoms with Crippen LogP contribution in [0.2, 0.25) is 5.02 Å². The summed E-state index contributed by atoms with van der Waals surface area (Å²) in [7, 11) is 0. The van der Waals surface area contributed by atoms with Crippen LogP contribution < -0.4 is 5.32 Å². The van der Waals surface area contributed by atoms with Crippen LogP contribution in [0.5, 0.6) is 0 Å². The van der Waals surface area contributed by atoms with Crippen molar-refractivity contribution >= 4 is 28.4 Å². The van der Waals surface area contributed by atoms with Crippen molar-refractivity contribution in [3.05, 3.63) is 71.3 Å². The fraction of sp³-hybridized carbons (Fsp3) is 0.0556.